The highest BCUT2D eigenvalue weighted by Gasteiger charge is 2.27. The highest BCUT2D eigenvalue weighted by atomic mass is 32.2. The lowest BCUT2D eigenvalue weighted by Gasteiger charge is -2.22. The monoisotopic (exact) mass is 536 g/mol. The number of fused-ring (bicyclic) bond motifs is 1. The van der Waals surface area contributed by atoms with E-state index in [1.54, 1.807) is 0 Å². The molecule has 0 spiro atoms. The zero-order valence-electron chi connectivity index (χ0n) is 21.2. The third-order valence-electron chi connectivity index (χ3n) is 6.72. The van der Waals surface area contributed by atoms with E-state index in [1.165, 1.54) is 64.9 Å². The van der Waals surface area contributed by atoms with Gasteiger partial charge in [-0.2, -0.15) is 5.26 Å². The Hall–Kier alpha value is -2.52. The van der Waals surface area contributed by atoms with E-state index in [0.29, 0.717) is 11.3 Å². The molecule has 1 saturated heterocycles. The van der Waals surface area contributed by atoms with Crippen LogP contribution in [0.25, 0.3) is 21.1 Å². The summed E-state index contributed by atoms with van der Waals surface area (Å²) < 4.78 is 6.93. The van der Waals surface area contributed by atoms with Crippen LogP contribution in [0.5, 0.6) is 5.75 Å². The number of aromatic nitrogens is 2. The molecule has 2 heterocycles. The average molecular weight is 537 g/mol. The first-order valence-corrected chi connectivity index (χ1v) is 14.5. The van der Waals surface area contributed by atoms with Gasteiger partial charge in [-0.3, -0.25) is 5.21 Å². The minimum atomic E-state index is -0.00370. The average Bonchev–Trinajstić information content (AvgIpc) is 3.66. The van der Waals surface area contributed by atoms with Gasteiger partial charge in [0, 0.05) is 23.4 Å². The fourth-order valence-corrected chi connectivity index (χ4v) is 6.58. The van der Waals surface area contributed by atoms with Crippen molar-refractivity contribution in [2.75, 3.05) is 25.4 Å². The number of nitrogens with zero attached hydrogens (tertiary/aromatic N) is 5. The molecule has 194 valence electrons. The lowest BCUT2D eigenvalue weighted by molar-refractivity contribution is -0.0446. The van der Waals surface area contributed by atoms with Gasteiger partial charge in [-0.25, -0.2) is 5.43 Å². The van der Waals surface area contributed by atoms with Crippen LogP contribution >= 0.6 is 23.3 Å². The van der Waals surface area contributed by atoms with E-state index in [2.05, 4.69) is 38.7 Å². The maximum atomic E-state index is 10.4. The zero-order valence-corrected chi connectivity index (χ0v) is 22.8. The molecule has 5 rings (SSSR count). The van der Waals surface area contributed by atoms with Crippen LogP contribution < -0.4 is 10.2 Å². The highest BCUT2D eigenvalue weighted by Crippen LogP contribution is 2.40. The van der Waals surface area contributed by atoms with Gasteiger partial charge >= 0.3 is 0 Å². The van der Waals surface area contributed by atoms with Crippen molar-refractivity contribution in [2.24, 2.45) is 0 Å². The Morgan fingerprint density at radius 1 is 1.24 bits per heavy atom. The molecule has 0 bridgehead atoms. The largest absolute Gasteiger partial charge is 0.490 e. The third kappa shape index (κ3) is 6.14. The summed E-state index contributed by atoms with van der Waals surface area (Å²) in [4.78, 5) is 2.45. The van der Waals surface area contributed by atoms with E-state index < -0.39 is 0 Å². The molecule has 2 aromatic carbocycles. The van der Waals surface area contributed by atoms with Crippen molar-refractivity contribution in [3.63, 3.8) is 0 Å². The predicted molar refractivity (Wildman–Crippen MR) is 147 cm³/mol. The number of nitrogens with one attached hydrogen (secondary N) is 1. The van der Waals surface area contributed by atoms with Gasteiger partial charge in [-0.15, -0.1) is 10.2 Å². The quantitative estimate of drug-likeness (QED) is 0.259. The number of hydrazine groups is 1. The van der Waals surface area contributed by atoms with Crippen LogP contribution in [-0.4, -0.2) is 56.4 Å². The summed E-state index contributed by atoms with van der Waals surface area (Å²) in [6.45, 7) is 7.22. The molecule has 1 aliphatic carbocycles. The second kappa shape index (κ2) is 11.9. The van der Waals surface area contributed by atoms with Crippen LogP contribution in [0.1, 0.15) is 55.8 Å². The van der Waals surface area contributed by atoms with Crippen LogP contribution in [0.4, 0.5) is 0 Å². The normalized spacial score (nSPS) is 17.5. The van der Waals surface area contributed by atoms with Gasteiger partial charge in [0.15, 0.2) is 0 Å². The molecule has 10 heteroatoms. The molecule has 8 nitrogen and oxygen atoms in total. The first-order chi connectivity index (χ1) is 18.0. The molecule has 37 heavy (non-hydrogen) atoms. The van der Waals surface area contributed by atoms with E-state index in [0.717, 1.165) is 46.3 Å². The molecule has 2 N–H and O–H groups in total. The first-order valence-electron chi connectivity index (χ1n) is 12.8. The number of rotatable bonds is 10. The number of hydrogen-bond acceptors (Lipinski definition) is 10. The molecular weight excluding hydrogens is 504 g/mol. The Bertz CT molecular complexity index is 1270. The van der Waals surface area contributed by atoms with Crippen LogP contribution in [0.15, 0.2) is 36.4 Å². The van der Waals surface area contributed by atoms with Crippen LogP contribution in [0, 0.1) is 11.3 Å². The van der Waals surface area contributed by atoms with E-state index in [4.69, 9.17) is 4.74 Å². The molecule has 1 aromatic heterocycles. The lowest BCUT2D eigenvalue weighted by Crippen LogP contribution is -2.33. The van der Waals surface area contributed by atoms with Crippen LogP contribution in [-0.2, 0) is 6.42 Å². The minimum absolute atomic E-state index is 0.00370. The topological polar surface area (TPSA) is 97.5 Å². The summed E-state index contributed by atoms with van der Waals surface area (Å²) in [5.74, 6) is 1.44. The Labute approximate surface area is 226 Å². The molecule has 3 aromatic rings. The number of benzene rings is 2. The highest BCUT2D eigenvalue weighted by molar-refractivity contribution is 7.96. The fourth-order valence-electron chi connectivity index (χ4n) is 4.98. The maximum Gasteiger partial charge on any atom is 0.148 e. The summed E-state index contributed by atoms with van der Waals surface area (Å²) in [5.41, 5.74) is 8.12. The second-order valence-corrected chi connectivity index (χ2v) is 11.6. The molecule has 0 radical (unpaired) electrons. The third-order valence-corrected chi connectivity index (χ3v) is 8.44. The van der Waals surface area contributed by atoms with Crippen LogP contribution in [0.3, 0.4) is 0 Å². The van der Waals surface area contributed by atoms with Gasteiger partial charge in [-0.1, -0.05) is 34.1 Å². The molecule has 2 aliphatic rings. The zero-order chi connectivity index (χ0) is 25.8. The van der Waals surface area contributed by atoms with E-state index >= 15 is 0 Å². The Balaban J connectivity index is 1.27. The standard InChI is InChI=1S/C27H32N6O2S2/c1-18(2)35-25-11-8-19(16-20(25)17-28)26-29-30-27(37-26)23-7-5-6-22-21(23)9-10-24(22)31-33(34)36-15-14-32-12-3-4-13-32/h5-8,11,16,18,24,31,34H,3-4,9-10,12-15H2,1-2H3. The number of ether oxygens (including phenoxy) is 1. The Morgan fingerprint density at radius 3 is 2.84 bits per heavy atom. The molecule has 1 atom stereocenters. The van der Waals surface area contributed by atoms with Gasteiger partial charge in [0.1, 0.15) is 21.8 Å². The van der Waals surface area contributed by atoms with Crippen molar-refractivity contribution >= 4 is 23.3 Å². The molecule has 1 aliphatic heterocycles. The van der Waals surface area contributed by atoms with Crippen molar-refractivity contribution in [1.82, 2.24) is 25.1 Å². The Kier molecular flexibility index (Phi) is 8.39. The fraction of sp³-hybridized carbons (Fsp3) is 0.444. The number of likely N-dealkylation sites (tertiary alicyclic amines) is 1. The summed E-state index contributed by atoms with van der Waals surface area (Å²) in [6.07, 6.45) is 4.37. The summed E-state index contributed by atoms with van der Waals surface area (Å²) in [6, 6.07) is 14.1. The molecule has 1 fully saturated rings. The van der Waals surface area contributed by atoms with Gasteiger partial charge in [0.25, 0.3) is 0 Å². The predicted octanol–water partition coefficient (Wildman–Crippen LogP) is 5.46. The van der Waals surface area contributed by atoms with E-state index in [9.17, 15) is 10.5 Å². The van der Waals surface area contributed by atoms with Gasteiger partial charge in [-0.05, 0) is 93.9 Å². The summed E-state index contributed by atoms with van der Waals surface area (Å²) >= 11 is 2.94. The molecule has 0 saturated carbocycles. The van der Waals surface area contributed by atoms with Gasteiger partial charge in [0.05, 0.1) is 17.7 Å². The Morgan fingerprint density at radius 2 is 2.05 bits per heavy atom. The van der Waals surface area contributed by atoms with Crippen LogP contribution in [0.2, 0.25) is 0 Å². The number of nitriles is 1. The van der Waals surface area contributed by atoms with E-state index in [-0.39, 0.29) is 12.1 Å². The smallest absolute Gasteiger partial charge is 0.148 e. The maximum absolute atomic E-state index is 10.4. The van der Waals surface area contributed by atoms with E-state index in [1.807, 2.05) is 38.1 Å². The van der Waals surface area contributed by atoms with Crippen molar-refractivity contribution in [3.8, 4) is 33.0 Å². The summed E-state index contributed by atoms with van der Waals surface area (Å²) in [7, 11) is 0. The minimum Gasteiger partial charge on any atom is -0.490 e. The van der Waals surface area contributed by atoms with Crippen molar-refractivity contribution in [1.29, 1.82) is 5.26 Å². The summed E-state index contributed by atoms with van der Waals surface area (Å²) in [5, 5.41) is 30.6. The molecular formula is C27H32N6O2S2. The van der Waals surface area contributed by atoms with Gasteiger partial charge < -0.3 is 9.64 Å². The lowest BCUT2D eigenvalue weighted by atomic mass is 10.0. The van der Waals surface area contributed by atoms with Crippen molar-refractivity contribution < 1.29 is 9.94 Å². The molecule has 1 unspecified atom stereocenters. The van der Waals surface area contributed by atoms with Crippen molar-refractivity contribution in [3.05, 3.63) is 53.1 Å². The molecule has 0 amide bonds. The number of hydrogen-bond donors (Lipinski definition) is 2. The first kappa shape index (κ1) is 26.1. The SMILES string of the molecule is CC(C)Oc1ccc(-c2nnc(-c3cccc4c3CCC4NN(O)SCCN3CCCC3)s2)cc1C#N. The van der Waals surface area contributed by atoms with Gasteiger partial charge in [0.2, 0.25) is 0 Å². The second-order valence-electron chi connectivity index (χ2n) is 9.65. The van der Waals surface area contributed by atoms with Crippen molar-refractivity contribution in [2.45, 2.75) is 51.7 Å².